The minimum Gasteiger partial charge on any atom is -0.312 e. The van der Waals surface area contributed by atoms with Crippen molar-refractivity contribution in [3.05, 3.63) is 0 Å². The summed E-state index contributed by atoms with van der Waals surface area (Å²) in [6.07, 6.45) is 13.2. The molecule has 2 atom stereocenters. The van der Waals surface area contributed by atoms with Gasteiger partial charge in [0.2, 0.25) is 0 Å². The van der Waals surface area contributed by atoms with Crippen molar-refractivity contribution in [1.29, 1.82) is 0 Å². The summed E-state index contributed by atoms with van der Waals surface area (Å²) < 4.78 is 0. The van der Waals surface area contributed by atoms with Crippen molar-refractivity contribution in [1.82, 2.24) is 10.2 Å². The van der Waals surface area contributed by atoms with E-state index in [9.17, 15) is 0 Å². The van der Waals surface area contributed by atoms with Crippen LogP contribution in [-0.2, 0) is 0 Å². The monoisotopic (exact) mass is 264 g/mol. The maximum absolute atomic E-state index is 3.83. The third-order valence-electron chi connectivity index (χ3n) is 5.64. The molecule has 1 aliphatic heterocycles. The zero-order valence-corrected chi connectivity index (χ0v) is 12.7. The van der Waals surface area contributed by atoms with Crippen LogP contribution in [0.5, 0.6) is 0 Å². The average molecular weight is 264 g/mol. The number of hydrogen-bond acceptors (Lipinski definition) is 2. The average Bonchev–Trinajstić information content (AvgIpc) is 2.94. The van der Waals surface area contributed by atoms with Gasteiger partial charge in [0.15, 0.2) is 0 Å². The van der Waals surface area contributed by atoms with Crippen molar-refractivity contribution >= 4 is 0 Å². The zero-order valence-electron chi connectivity index (χ0n) is 12.7. The van der Waals surface area contributed by atoms with Gasteiger partial charge in [0.1, 0.15) is 0 Å². The van der Waals surface area contributed by atoms with Gasteiger partial charge in [-0.25, -0.2) is 0 Å². The van der Waals surface area contributed by atoms with Gasteiger partial charge in [-0.15, -0.1) is 0 Å². The first kappa shape index (κ1) is 13.9. The topological polar surface area (TPSA) is 15.3 Å². The van der Waals surface area contributed by atoms with E-state index >= 15 is 0 Å². The van der Waals surface area contributed by atoms with Crippen LogP contribution < -0.4 is 5.32 Å². The van der Waals surface area contributed by atoms with Gasteiger partial charge in [0.25, 0.3) is 0 Å². The van der Waals surface area contributed by atoms with E-state index in [4.69, 9.17) is 0 Å². The molecule has 0 amide bonds. The lowest BCUT2D eigenvalue weighted by Gasteiger charge is -2.33. The lowest BCUT2D eigenvalue weighted by Crippen LogP contribution is -2.46. The van der Waals surface area contributed by atoms with Crippen LogP contribution in [0.1, 0.15) is 64.7 Å². The van der Waals surface area contributed by atoms with Gasteiger partial charge in [-0.1, -0.05) is 19.8 Å². The van der Waals surface area contributed by atoms with Crippen molar-refractivity contribution in [2.24, 2.45) is 11.8 Å². The third-order valence-corrected chi connectivity index (χ3v) is 5.64. The van der Waals surface area contributed by atoms with Gasteiger partial charge in [-0.2, -0.15) is 0 Å². The Morgan fingerprint density at radius 1 is 1.05 bits per heavy atom. The minimum atomic E-state index is 0.793. The predicted octanol–water partition coefficient (Wildman–Crippen LogP) is 3.42. The molecule has 2 unspecified atom stereocenters. The molecule has 0 aromatic rings. The molecule has 1 heterocycles. The molecule has 0 spiro atoms. The molecule has 3 fully saturated rings. The lowest BCUT2D eigenvalue weighted by molar-refractivity contribution is 0.167. The number of nitrogens with one attached hydrogen (secondary N) is 1. The second kappa shape index (κ2) is 6.58. The van der Waals surface area contributed by atoms with Crippen molar-refractivity contribution in [3.8, 4) is 0 Å². The Labute approximate surface area is 119 Å². The summed E-state index contributed by atoms with van der Waals surface area (Å²) in [6.45, 7) is 6.21. The summed E-state index contributed by atoms with van der Waals surface area (Å²) in [5, 5.41) is 3.83. The number of hydrogen-bond donors (Lipinski definition) is 1. The molecule has 2 heteroatoms. The molecule has 2 saturated carbocycles. The van der Waals surface area contributed by atoms with Crippen molar-refractivity contribution < 1.29 is 0 Å². The van der Waals surface area contributed by atoms with E-state index in [0.717, 1.165) is 23.9 Å². The predicted molar refractivity (Wildman–Crippen MR) is 81.4 cm³/mol. The van der Waals surface area contributed by atoms with Gasteiger partial charge in [-0.05, 0) is 69.9 Å². The van der Waals surface area contributed by atoms with Crippen molar-refractivity contribution in [2.75, 3.05) is 19.6 Å². The number of rotatable bonds is 7. The van der Waals surface area contributed by atoms with Crippen LogP contribution in [0.3, 0.4) is 0 Å². The highest BCUT2D eigenvalue weighted by atomic mass is 15.2. The lowest BCUT2D eigenvalue weighted by atomic mass is 9.95. The minimum absolute atomic E-state index is 0.793. The fraction of sp³-hybridized carbons (Fsp3) is 1.00. The van der Waals surface area contributed by atoms with Gasteiger partial charge < -0.3 is 5.32 Å². The molecule has 0 aromatic carbocycles. The second-order valence-electron chi connectivity index (χ2n) is 7.15. The maximum Gasteiger partial charge on any atom is 0.0223 e. The fourth-order valence-electron chi connectivity index (χ4n) is 4.42. The standard InChI is InChI=1S/C17H32N2/c1-2-11-18-16(14-9-10-14)13-19-12-5-8-17(19)15-6-3-4-7-15/h14-18H,2-13H2,1H3. The number of nitrogens with zero attached hydrogens (tertiary/aromatic N) is 1. The molecule has 0 aromatic heterocycles. The molecule has 1 saturated heterocycles. The fourth-order valence-corrected chi connectivity index (χ4v) is 4.42. The van der Waals surface area contributed by atoms with Crippen molar-refractivity contribution in [3.63, 3.8) is 0 Å². The molecule has 1 N–H and O–H groups in total. The summed E-state index contributed by atoms with van der Waals surface area (Å²) in [5.41, 5.74) is 0. The normalized spacial score (nSPS) is 31.1. The molecule has 110 valence electrons. The van der Waals surface area contributed by atoms with Crippen LogP contribution in [0, 0.1) is 11.8 Å². The largest absolute Gasteiger partial charge is 0.312 e. The van der Waals surface area contributed by atoms with E-state index in [1.165, 1.54) is 77.4 Å². The van der Waals surface area contributed by atoms with Gasteiger partial charge in [0, 0.05) is 18.6 Å². The molecule has 2 aliphatic carbocycles. The summed E-state index contributed by atoms with van der Waals surface area (Å²) in [5.74, 6) is 2.03. The molecule has 2 nitrogen and oxygen atoms in total. The highest BCUT2D eigenvalue weighted by Gasteiger charge is 2.37. The first-order valence-corrected chi connectivity index (χ1v) is 8.86. The van der Waals surface area contributed by atoms with E-state index in [1.807, 2.05) is 0 Å². The number of likely N-dealkylation sites (tertiary alicyclic amines) is 1. The molecule has 19 heavy (non-hydrogen) atoms. The van der Waals surface area contributed by atoms with Crippen LogP contribution in [0.15, 0.2) is 0 Å². The highest BCUT2D eigenvalue weighted by molar-refractivity contribution is 4.93. The first-order valence-electron chi connectivity index (χ1n) is 8.86. The van der Waals surface area contributed by atoms with Crippen LogP contribution >= 0.6 is 0 Å². The second-order valence-corrected chi connectivity index (χ2v) is 7.15. The van der Waals surface area contributed by atoms with Crippen LogP contribution in [0.2, 0.25) is 0 Å². The quantitative estimate of drug-likeness (QED) is 0.758. The smallest absolute Gasteiger partial charge is 0.0223 e. The zero-order chi connectivity index (χ0) is 13.1. The maximum atomic E-state index is 3.83. The van der Waals surface area contributed by atoms with E-state index < -0.39 is 0 Å². The summed E-state index contributed by atoms with van der Waals surface area (Å²) in [4.78, 5) is 2.86. The Balaban J connectivity index is 1.53. The first-order chi connectivity index (χ1) is 9.38. The Morgan fingerprint density at radius 3 is 2.53 bits per heavy atom. The Kier molecular flexibility index (Phi) is 4.81. The molecule has 0 radical (unpaired) electrons. The van der Waals surface area contributed by atoms with E-state index in [0.29, 0.717) is 0 Å². The van der Waals surface area contributed by atoms with Crippen LogP contribution in [-0.4, -0.2) is 36.6 Å². The molecular weight excluding hydrogens is 232 g/mol. The Morgan fingerprint density at radius 2 is 1.84 bits per heavy atom. The Bertz CT molecular complexity index is 268. The van der Waals surface area contributed by atoms with Crippen LogP contribution in [0.4, 0.5) is 0 Å². The highest BCUT2D eigenvalue weighted by Crippen LogP contribution is 2.38. The molecular formula is C17H32N2. The van der Waals surface area contributed by atoms with Crippen LogP contribution in [0.25, 0.3) is 0 Å². The SMILES string of the molecule is CCCNC(CN1CCCC1C1CCCC1)C1CC1. The van der Waals surface area contributed by atoms with E-state index in [-0.39, 0.29) is 0 Å². The van der Waals surface area contributed by atoms with Gasteiger partial charge in [0.05, 0.1) is 0 Å². The van der Waals surface area contributed by atoms with Crippen molar-refractivity contribution in [2.45, 2.75) is 76.8 Å². The molecule has 0 bridgehead atoms. The third kappa shape index (κ3) is 3.52. The van der Waals surface area contributed by atoms with Gasteiger partial charge >= 0.3 is 0 Å². The molecule has 3 aliphatic rings. The Hall–Kier alpha value is -0.0800. The summed E-state index contributed by atoms with van der Waals surface area (Å²) in [6, 6.07) is 1.73. The van der Waals surface area contributed by atoms with Gasteiger partial charge in [-0.3, -0.25) is 4.90 Å². The molecule has 3 rings (SSSR count). The summed E-state index contributed by atoms with van der Waals surface area (Å²) in [7, 11) is 0. The van der Waals surface area contributed by atoms with E-state index in [2.05, 4.69) is 17.1 Å². The van der Waals surface area contributed by atoms with E-state index in [1.54, 1.807) is 0 Å². The summed E-state index contributed by atoms with van der Waals surface area (Å²) >= 11 is 0.